The summed E-state index contributed by atoms with van der Waals surface area (Å²) in [6, 6.07) is 11.8. The van der Waals surface area contributed by atoms with Crippen molar-refractivity contribution in [3.8, 4) is 23.5 Å². The van der Waals surface area contributed by atoms with E-state index in [1.807, 2.05) is 30.5 Å². The second-order valence-electron chi connectivity index (χ2n) is 10.6. The summed E-state index contributed by atoms with van der Waals surface area (Å²) >= 11 is 0. The number of hydrogen-bond acceptors (Lipinski definition) is 6. The molecule has 4 aromatic heterocycles. The summed E-state index contributed by atoms with van der Waals surface area (Å²) in [5, 5.41) is 9.25. The van der Waals surface area contributed by atoms with Gasteiger partial charge in [0.2, 0.25) is 0 Å². The van der Waals surface area contributed by atoms with Gasteiger partial charge >= 0.3 is 0 Å². The van der Waals surface area contributed by atoms with Crippen LogP contribution in [0.2, 0.25) is 0 Å². The molecule has 2 fully saturated rings. The Morgan fingerprint density at radius 2 is 1.95 bits per heavy atom. The van der Waals surface area contributed by atoms with Crippen LogP contribution in [0.1, 0.15) is 48.3 Å². The topological polar surface area (TPSA) is 117 Å². The maximum atomic E-state index is 13.1. The van der Waals surface area contributed by atoms with E-state index in [1.54, 1.807) is 24.0 Å². The third-order valence-corrected chi connectivity index (χ3v) is 8.51. The number of hydrogen-bond donors (Lipinski definition) is 2. The molecule has 4 heterocycles. The van der Waals surface area contributed by atoms with Crippen molar-refractivity contribution < 1.29 is 4.79 Å². The molecule has 9 heteroatoms. The van der Waals surface area contributed by atoms with Gasteiger partial charge in [-0.25, -0.2) is 9.97 Å². The number of aryl methyl sites for hydroxylation is 1. The highest BCUT2D eigenvalue weighted by molar-refractivity contribution is 6.04. The first-order chi connectivity index (χ1) is 18.4. The Kier molecular flexibility index (Phi) is 4.67. The molecule has 0 radical (unpaired) electrons. The van der Waals surface area contributed by atoms with Gasteiger partial charge in [-0.1, -0.05) is 24.1 Å². The normalized spacial score (nSPS) is 22.2. The van der Waals surface area contributed by atoms with E-state index in [4.69, 9.17) is 17.1 Å². The molecule has 0 aliphatic heterocycles. The number of carbonyl (C=O) groups excluding carboxylic acids is 1. The summed E-state index contributed by atoms with van der Waals surface area (Å²) in [7, 11) is 1.78. The van der Waals surface area contributed by atoms with E-state index < -0.39 is 0 Å². The molecule has 188 valence electrons. The van der Waals surface area contributed by atoms with Gasteiger partial charge in [0.25, 0.3) is 5.91 Å². The maximum Gasteiger partial charge on any atom is 0.269 e. The highest BCUT2D eigenvalue weighted by Gasteiger charge is 2.57. The summed E-state index contributed by atoms with van der Waals surface area (Å²) < 4.78 is 3.80. The Balaban J connectivity index is 1.37. The number of nitrogens with one attached hydrogen (secondary N) is 1. The first kappa shape index (κ1) is 22.5. The van der Waals surface area contributed by atoms with E-state index in [2.05, 4.69) is 36.9 Å². The second-order valence-corrected chi connectivity index (χ2v) is 10.6. The number of aromatic nitrogens is 6. The minimum atomic E-state index is -0.312. The van der Waals surface area contributed by atoms with Crippen molar-refractivity contribution in [1.82, 2.24) is 34.6 Å². The monoisotopic (exact) mass is 502 g/mol. The summed E-state index contributed by atoms with van der Waals surface area (Å²) in [6.07, 6.45) is 15.4. The van der Waals surface area contributed by atoms with E-state index in [9.17, 15) is 4.79 Å². The van der Waals surface area contributed by atoms with E-state index in [1.165, 1.54) is 6.33 Å². The number of pyridine rings is 1. The number of para-hydroxylation sites is 1. The second kappa shape index (κ2) is 7.89. The van der Waals surface area contributed by atoms with Crippen LogP contribution in [-0.2, 0) is 12.6 Å². The van der Waals surface area contributed by atoms with Crippen LogP contribution in [0.3, 0.4) is 0 Å². The highest BCUT2D eigenvalue weighted by atomic mass is 16.2. The Morgan fingerprint density at radius 3 is 2.71 bits per heavy atom. The Hall–Kier alpha value is -4.71. The van der Waals surface area contributed by atoms with E-state index in [-0.39, 0.29) is 17.0 Å². The highest BCUT2D eigenvalue weighted by Crippen LogP contribution is 2.57. The molecule has 2 aliphatic carbocycles. The van der Waals surface area contributed by atoms with Crippen molar-refractivity contribution in [1.29, 1.82) is 0 Å². The summed E-state index contributed by atoms with van der Waals surface area (Å²) in [5.41, 5.74) is 10.5. The zero-order valence-corrected chi connectivity index (χ0v) is 21.0. The molecule has 2 aliphatic rings. The minimum Gasteiger partial charge on any atom is -0.383 e. The van der Waals surface area contributed by atoms with Crippen molar-refractivity contribution in [2.24, 2.45) is 7.05 Å². The fourth-order valence-corrected chi connectivity index (χ4v) is 6.77. The van der Waals surface area contributed by atoms with Gasteiger partial charge in [0.1, 0.15) is 29.2 Å². The Morgan fingerprint density at radius 1 is 1.13 bits per heavy atom. The van der Waals surface area contributed by atoms with Crippen LogP contribution in [0.15, 0.2) is 55.1 Å². The number of carbonyl (C=O) groups is 1. The summed E-state index contributed by atoms with van der Waals surface area (Å²) in [4.78, 5) is 26.8. The quantitative estimate of drug-likeness (QED) is 0.361. The predicted molar refractivity (Wildman–Crippen MR) is 145 cm³/mol. The lowest BCUT2D eigenvalue weighted by molar-refractivity contribution is 0.0891. The molecule has 5 aromatic rings. The molecule has 2 bridgehead atoms. The average molecular weight is 503 g/mol. The van der Waals surface area contributed by atoms with Crippen molar-refractivity contribution in [3.05, 3.63) is 66.5 Å². The number of amides is 1. The smallest absolute Gasteiger partial charge is 0.269 e. The molecule has 0 atom stereocenters. The lowest BCUT2D eigenvalue weighted by Gasteiger charge is -2.30. The van der Waals surface area contributed by atoms with Gasteiger partial charge in [-0.3, -0.25) is 14.5 Å². The van der Waals surface area contributed by atoms with Crippen LogP contribution in [-0.4, -0.2) is 40.7 Å². The molecule has 2 saturated carbocycles. The van der Waals surface area contributed by atoms with Crippen LogP contribution in [0, 0.1) is 12.3 Å². The Labute approximate surface area is 219 Å². The first-order valence-electron chi connectivity index (χ1n) is 12.7. The number of nitrogens with zero attached hydrogens (tertiary/aromatic N) is 6. The summed E-state index contributed by atoms with van der Waals surface area (Å²) in [6.45, 7) is 0. The largest absolute Gasteiger partial charge is 0.383 e. The van der Waals surface area contributed by atoms with Gasteiger partial charge < -0.3 is 15.6 Å². The molecule has 1 aromatic carbocycles. The molecule has 9 nitrogen and oxygen atoms in total. The SMILES string of the molecule is C#Cc1c(-c2cnc3ccccc3c2)c2c(N)ncnc2n1C12CCC(NC(=O)c3ccnn3C)(CC1)C2. The van der Waals surface area contributed by atoms with Crippen LogP contribution in [0.4, 0.5) is 5.82 Å². The zero-order chi connectivity index (χ0) is 26.1. The maximum absolute atomic E-state index is 13.1. The van der Waals surface area contributed by atoms with Gasteiger partial charge in [-0.15, -0.1) is 6.42 Å². The third-order valence-electron chi connectivity index (χ3n) is 8.51. The molecule has 0 unspecified atom stereocenters. The minimum absolute atomic E-state index is 0.105. The number of fused-ring (bicyclic) bond motifs is 4. The molecule has 1 amide bonds. The van der Waals surface area contributed by atoms with Crippen molar-refractivity contribution >= 4 is 33.7 Å². The number of nitrogens with two attached hydrogens (primary N) is 1. The van der Waals surface area contributed by atoms with Crippen molar-refractivity contribution in [2.75, 3.05) is 5.73 Å². The number of benzene rings is 1. The first-order valence-corrected chi connectivity index (χ1v) is 12.7. The van der Waals surface area contributed by atoms with E-state index >= 15 is 0 Å². The molecule has 38 heavy (non-hydrogen) atoms. The number of anilines is 1. The predicted octanol–water partition coefficient (Wildman–Crippen LogP) is 3.79. The number of rotatable bonds is 4. The fraction of sp³-hybridized carbons (Fsp3) is 0.276. The molecule has 3 N–H and O–H groups in total. The van der Waals surface area contributed by atoms with Crippen molar-refractivity contribution in [3.63, 3.8) is 0 Å². The van der Waals surface area contributed by atoms with Gasteiger partial charge in [-0.2, -0.15) is 5.10 Å². The lowest BCUT2D eigenvalue weighted by atomic mass is 9.90. The molecular weight excluding hydrogens is 476 g/mol. The van der Waals surface area contributed by atoms with Gasteiger partial charge in [0.15, 0.2) is 0 Å². The lowest BCUT2D eigenvalue weighted by Crippen LogP contribution is -2.45. The molecule has 0 saturated heterocycles. The van der Waals surface area contributed by atoms with Gasteiger partial charge in [0, 0.05) is 47.0 Å². The molecule has 7 rings (SSSR count). The Bertz CT molecular complexity index is 1800. The number of nitrogen functional groups attached to an aromatic ring is 1. The number of terminal acetylenes is 1. The zero-order valence-electron chi connectivity index (χ0n) is 21.0. The summed E-state index contributed by atoms with van der Waals surface area (Å²) in [5.74, 6) is 3.26. The molecule has 0 spiro atoms. The van der Waals surface area contributed by atoms with Crippen LogP contribution in [0.5, 0.6) is 0 Å². The van der Waals surface area contributed by atoms with Gasteiger partial charge in [0.05, 0.1) is 10.9 Å². The molecular formula is C29H26N8O. The van der Waals surface area contributed by atoms with Crippen molar-refractivity contribution in [2.45, 2.75) is 43.2 Å². The van der Waals surface area contributed by atoms with Crippen LogP contribution < -0.4 is 11.1 Å². The van der Waals surface area contributed by atoms with E-state index in [0.29, 0.717) is 11.5 Å². The average Bonchev–Trinajstić information content (AvgIpc) is 3.69. The van der Waals surface area contributed by atoms with Crippen LogP contribution in [0.25, 0.3) is 33.1 Å². The van der Waals surface area contributed by atoms with Gasteiger partial charge in [-0.05, 0) is 50.3 Å². The van der Waals surface area contributed by atoms with Crippen LogP contribution >= 0.6 is 0 Å². The fourth-order valence-electron chi connectivity index (χ4n) is 6.77. The standard InChI is InChI=1S/C29H26N8O/c1-3-21-23(19-14-18-6-4-5-7-20(18)31-15-19)24-25(30)32-17-33-26(24)37(21)29-11-9-28(16-29,10-12-29)35-27(38)22-8-13-34-36(22)2/h1,4-8,13-15,17H,9-12,16H2,2H3,(H,35,38)(H2,30,32,33). The third kappa shape index (κ3) is 3.10. The van der Waals surface area contributed by atoms with E-state index in [0.717, 1.165) is 70.9 Å².